The predicted octanol–water partition coefficient (Wildman–Crippen LogP) is 4.78. The summed E-state index contributed by atoms with van der Waals surface area (Å²) in [5.74, 6) is 2.86. The molecule has 6 heteroatoms. The third-order valence-corrected chi connectivity index (χ3v) is 4.25. The van der Waals surface area contributed by atoms with E-state index in [-0.39, 0.29) is 24.0 Å². The number of rotatable bonds is 9. The van der Waals surface area contributed by atoms with E-state index in [1.54, 1.807) is 0 Å². The number of hydrogen-bond acceptors (Lipinski definition) is 3. The van der Waals surface area contributed by atoms with Gasteiger partial charge in [0.2, 0.25) is 0 Å². The van der Waals surface area contributed by atoms with Crippen LogP contribution >= 0.6 is 24.0 Å². The molecule has 0 aliphatic carbocycles. The van der Waals surface area contributed by atoms with Crippen LogP contribution in [0.4, 0.5) is 0 Å². The van der Waals surface area contributed by atoms with Gasteiger partial charge in [0.1, 0.15) is 5.76 Å². The zero-order chi connectivity index (χ0) is 18.1. The van der Waals surface area contributed by atoms with Crippen molar-refractivity contribution < 1.29 is 4.52 Å². The maximum Gasteiger partial charge on any atom is 0.191 e. The van der Waals surface area contributed by atoms with Gasteiger partial charge >= 0.3 is 0 Å². The van der Waals surface area contributed by atoms with Crippen LogP contribution in [0.3, 0.4) is 0 Å². The van der Waals surface area contributed by atoms with E-state index < -0.39 is 0 Å². The van der Waals surface area contributed by atoms with Gasteiger partial charge in [-0.15, -0.1) is 24.0 Å². The monoisotopic (exact) mass is 464 g/mol. The summed E-state index contributed by atoms with van der Waals surface area (Å²) in [6.07, 6.45) is 3.70. The minimum Gasteiger partial charge on any atom is -0.361 e. The number of hydrogen-bond donors (Lipinski definition) is 2. The third-order valence-electron chi connectivity index (χ3n) is 4.25. The summed E-state index contributed by atoms with van der Waals surface area (Å²) in [4.78, 5) is 4.76. The Balaban J connectivity index is 0.00000576. The lowest BCUT2D eigenvalue weighted by Gasteiger charge is -2.19. The number of nitrogens with zero attached hydrogens (tertiary/aromatic N) is 2. The summed E-state index contributed by atoms with van der Waals surface area (Å²) in [5, 5.41) is 10.9. The van der Waals surface area contributed by atoms with Gasteiger partial charge in [0, 0.05) is 30.6 Å². The second-order valence-electron chi connectivity index (χ2n) is 7.23. The molecule has 146 valence electrons. The minimum atomic E-state index is 0. The number of nitrogens with one attached hydrogen (secondary N) is 2. The molecule has 25 heavy (non-hydrogen) atoms. The smallest absolute Gasteiger partial charge is 0.191 e. The fourth-order valence-corrected chi connectivity index (χ4v) is 2.97. The largest absolute Gasteiger partial charge is 0.361 e. The lowest BCUT2D eigenvalue weighted by molar-refractivity contribution is 0.391. The molecule has 1 rings (SSSR count). The molecule has 0 saturated carbocycles. The van der Waals surface area contributed by atoms with E-state index in [1.165, 1.54) is 24.8 Å². The summed E-state index contributed by atoms with van der Waals surface area (Å²) < 4.78 is 5.27. The van der Waals surface area contributed by atoms with Crippen molar-refractivity contribution in [1.82, 2.24) is 15.8 Å². The number of halogens is 1. The van der Waals surface area contributed by atoms with Crippen LogP contribution in [-0.2, 0) is 0 Å². The maximum atomic E-state index is 5.27. The van der Waals surface area contributed by atoms with Crippen molar-refractivity contribution in [2.75, 3.05) is 13.1 Å². The van der Waals surface area contributed by atoms with Crippen LogP contribution in [-0.4, -0.2) is 30.2 Å². The van der Waals surface area contributed by atoms with Crippen molar-refractivity contribution in [3.05, 3.63) is 17.0 Å². The molecule has 0 spiro atoms. The molecule has 0 radical (unpaired) electrons. The first-order chi connectivity index (χ1) is 11.3. The quantitative estimate of drug-likeness (QED) is 0.314. The summed E-state index contributed by atoms with van der Waals surface area (Å²) in [7, 11) is 0. The molecule has 0 saturated heterocycles. The van der Waals surface area contributed by atoms with Crippen molar-refractivity contribution in [1.29, 1.82) is 0 Å². The molecular weight excluding hydrogens is 427 g/mol. The van der Waals surface area contributed by atoms with E-state index in [4.69, 9.17) is 9.52 Å². The van der Waals surface area contributed by atoms with Gasteiger partial charge in [-0.2, -0.15) is 0 Å². The maximum absolute atomic E-state index is 5.27. The first-order valence-corrected chi connectivity index (χ1v) is 9.32. The average Bonchev–Trinajstić information content (AvgIpc) is 2.83. The summed E-state index contributed by atoms with van der Waals surface area (Å²) in [6.45, 7) is 16.6. The fraction of sp³-hybridized carbons (Fsp3) is 0.789. The molecule has 0 aliphatic heterocycles. The molecule has 1 heterocycles. The Morgan fingerprint density at radius 3 is 2.36 bits per heavy atom. The Kier molecular flexibility index (Phi) is 12.1. The molecule has 0 aliphatic rings. The molecule has 1 aromatic rings. The van der Waals surface area contributed by atoms with Gasteiger partial charge in [0.25, 0.3) is 0 Å². The van der Waals surface area contributed by atoms with E-state index in [0.29, 0.717) is 12.0 Å². The van der Waals surface area contributed by atoms with Crippen molar-refractivity contribution in [3.8, 4) is 0 Å². The number of aromatic nitrogens is 1. The van der Waals surface area contributed by atoms with E-state index in [1.807, 2.05) is 13.8 Å². The second kappa shape index (κ2) is 12.5. The molecule has 0 fully saturated rings. The van der Waals surface area contributed by atoms with Gasteiger partial charge in [-0.3, -0.25) is 4.99 Å². The number of aryl methyl sites for hydroxylation is 2. The van der Waals surface area contributed by atoms with Crippen molar-refractivity contribution in [2.45, 2.75) is 79.7 Å². The predicted molar refractivity (Wildman–Crippen MR) is 117 cm³/mol. The topological polar surface area (TPSA) is 62.5 Å². The van der Waals surface area contributed by atoms with Crippen LogP contribution in [0, 0.1) is 19.8 Å². The Morgan fingerprint density at radius 2 is 1.84 bits per heavy atom. The molecule has 5 nitrogen and oxygen atoms in total. The second-order valence-corrected chi connectivity index (χ2v) is 7.23. The van der Waals surface area contributed by atoms with Gasteiger partial charge in [-0.1, -0.05) is 38.8 Å². The van der Waals surface area contributed by atoms with Gasteiger partial charge < -0.3 is 15.2 Å². The molecule has 0 bridgehead atoms. The summed E-state index contributed by atoms with van der Waals surface area (Å²) in [6, 6.07) is 0.427. The zero-order valence-corrected chi connectivity index (χ0v) is 19.3. The number of guanidine groups is 1. The molecule has 0 amide bonds. The van der Waals surface area contributed by atoms with Crippen LogP contribution in [0.25, 0.3) is 0 Å². The SMILES string of the molecule is CCNC(=NCC(C)c1c(C)noc1C)NC(C)CCCC(C)C.I. The van der Waals surface area contributed by atoms with Crippen LogP contribution in [0.15, 0.2) is 9.52 Å². The minimum absolute atomic E-state index is 0. The summed E-state index contributed by atoms with van der Waals surface area (Å²) in [5.41, 5.74) is 2.15. The highest BCUT2D eigenvalue weighted by molar-refractivity contribution is 14.0. The molecule has 0 aromatic carbocycles. The normalized spacial score (nSPS) is 14.2. The highest BCUT2D eigenvalue weighted by Gasteiger charge is 2.16. The Hall–Kier alpha value is -0.790. The Morgan fingerprint density at radius 1 is 1.16 bits per heavy atom. The van der Waals surface area contributed by atoms with E-state index in [0.717, 1.165) is 36.4 Å². The van der Waals surface area contributed by atoms with Gasteiger partial charge in [-0.25, -0.2) is 0 Å². The lowest BCUT2D eigenvalue weighted by atomic mass is 10.00. The molecule has 1 aromatic heterocycles. The molecular formula is C19H37IN4O. The van der Waals surface area contributed by atoms with Crippen molar-refractivity contribution in [2.24, 2.45) is 10.9 Å². The van der Waals surface area contributed by atoms with Gasteiger partial charge in [0.15, 0.2) is 5.96 Å². The van der Waals surface area contributed by atoms with Gasteiger partial charge in [0.05, 0.1) is 5.69 Å². The first kappa shape index (κ1) is 24.2. The highest BCUT2D eigenvalue weighted by Crippen LogP contribution is 2.23. The fourth-order valence-electron chi connectivity index (χ4n) is 2.97. The summed E-state index contributed by atoms with van der Waals surface area (Å²) >= 11 is 0. The van der Waals surface area contributed by atoms with Crippen LogP contribution in [0.1, 0.15) is 76.8 Å². The lowest BCUT2D eigenvalue weighted by Crippen LogP contribution is -2.42. The van der Waals surface area contributed by atoms with Crippen molar-refractivity contribution in [3.63, 3.8) is 0 Å². The zero-order valence-electron chi connectivity index (χ0n) is 17.0. The van der Waals surface area contributed by atoms with Crippen LogP contribution < -0.4 is 10.6 Å². The number of aliphatic imine (C=N–C) groups is 1. The van der Waals surface area contributed by atoms with Crippen LogP contribution in [0.5, 0.6) is 0 Å². The van der Waals surface area contributed by atoms with Crippen LogP contribution in [0.2, 0.25) is 0 Å². The Labute approximate surface area is 170 Å². The standard InChI is InChI=1S/C19H36N4O.HI/c1-8-20-19(22-15(5)11-9-10-13(2)3)21-12-14(4)18-16(6)23-24-17(18)7;/h13-15H,8-12H2,1-7H3,(H2,20,21,22);1H. The van der Waals surface area contributed by atoms with Gasteiger partial charge in [-0.05, 0) is 40.0 Å². The average molecular weight is 464 g/mol. The highest BCUT2D eigenvalue weighted by atomic mass is 127. The van der Waals surface area contributed by atoms with E-state index >= 15 is 0 Å². The molecule has 2 atom stereocenters. The van der Waals surface area contributed by atoms with Crippen molar-refractivity contribution >= 4 is 29.9 Å². The van der Waals surface area contributed by atoms with E-state index in [9.17, 15) is 0 Å². The van der Waals surface area contributed by atoms with E-state index in [2.05, 4.69) is 50.4 Å². The molecule has 2 N–H and O–H groups in total. The molecule has 2 unspecified atom stereocenters. The first-order valence-electron chi connectivity index (χ1n) is 9.32. The Bertz CT molecular complexity index is 494. The third kappa shape index (κ3) is 8.92.